The van der Waals surface area contributed by atoms with Gasteiger partial charge in [0.15, 0.2) is 0 Å². The van der Waals surface area contributed by atoms with Crippen molar-refractivity contribution < 1.29 is 22.8 Å². The van der Waals surface area contributed by atoms with E-state index in [-0.39, 0.29) is 30.1 Å². The monoisotopic (exact) mass is 457 g/mol. The summed E-state index contributed by atoms with van der Waals surface area (Å²) in [5.74, 6) is 0.413. The normalized spacial score (nSPS) is 13.2. The van der Waals surface area contributed by atoms with Gasteiger partial charge in [-0.3, -0.25) is 9.59 Å². The van der Waals surface area contributed by atoms with Crippen LogP contribution in [0.15, 0.2) is 52.3 Å². The van der Waals surface area contributed by atoms with Gasteiger partial charge in [0.1, 0.15) is 10.6 Å². The number of carbonyl (C=O) groups excluding carboxylic acids is 2. The summed E-state index contributed by atoms with van der Waals surface area (Å²) in [5.41, 5.74) is 4.57. The highest BCUT2D eigenvalue weighted by Crippen LogP contribution is 2.39. The van der Waals surface area contributed by atoms with Crippen LogP contribution >= 0.6 is 23.1 Å². The van der Waals surface area contributed by atoms with Gasteiger partial charge in [-0.05, 0) is 24.3 Å². The fourth-order valence-corrected chi connectivity index (χ4v) is 5.15. The van der Waals surface area contributed by atoms with Crippen LogP contribution in [0.1, 0.15) is 29.9 Å². The van der Waals surface area contributed by atoms with E-state index in [0.29, 0.717) is 11.0 Å². The van der Waals surface area contributed by atoms with Gasteiger partial charge in [0, 0.05) is 27.7 Å². The van der Waals surface area contributed by atoms with Crippen LogP contribution in [0.5, 0.6) is 0 Å². The lowest BCUT2D eigenvalue weighted by atomic mass is 10.2. The summed E-state index contributed by atoms with van der Waals surface area (Å²) in [5, 5.41) is 2.58. The molecule has 0 aliphatic heterocycles. The molecule has 2 rings (SSSR count). The maximum atomic E-state index is 13.2. The molecule has 30 heavy (non-hydrogen) atoms. The molecule has 3 N–H and O–H groups in total. The summed E-state index contributed by atoms with van der Waals surface area (Å²) in [6.07, 6.45) is -4.01. The zero-order chi connectivity index (χ0) is 22.5. The quantitative estimate of drug-likeness (QED) is 0.337. The van der Waals surface area contributed by atoms with E-state index in [9.17, 15) is 22.8 Å². The van der Waals surface area contributed by atoms with Crippen LogP contribution in [0.25, 0.3) is 10.1 Å². The lowest BCUT2D eigenvalue weighted by Crippen LogP contribution is -2.29. The minimum Gasteiger partial charge on any atom is -0.397 e. The Hall–Kier alpha value is -2.46. The van der Waals surface area contributed by atoms with E-state index in [0.717, 1.165) is 20.7 Å². The third-order valence-electron chi connectivity index (χ3n) is 4.23. The number of hydrogen-bond acceptors (Lipinski definition) is 5. The maximum Gasteiger partial charge on any atom is 0.431 e. The van der Waals surface area contributed by atoms with Crippen LogP contribution < -0.4 is 11.1 Å². The fourth-order valence-electron chi connectivity index (χ4n) is 2.87. The molecule has 0 fully saturated rings. The van der Waals surface area contributed by atoms with E-state index in [1.807, 2.05) is 31.2 Å². The lowest BCUT2D eigenvalue weighted by Gasteiger charge is -2.22. The first-order valence-electron chi connectivity index (χ1n) is 9.05. The first kappa shape index (κ1) is 23.8. The van der Waals surface area contributed by atoms with Gasteiger partial charge < -0.3 is 16.0 Å². The second-order valence-corrected chi connectivity index (χ2v) is 8.45. The van der Waals surface area contributed by atoms with Crippen molar-refractivity contribution >= 4 is 45.5 Å². The molecule has 162 valence electrons. The number of nitrogens with zero attached hydrogens (tertiary/aromatic N) is 1. The summed E-state index contributed by atoms with van der Waals surface area (Å²) in [6, 6.07) is 7.64. The molecule has 5 nitrogen and oxygen atoms in total. The van der Waals surface area contributed by atoms with Crippen molar-refractivity contribution in [2.75, 3.05) is 12.8 Å². The van der Waals surface area contributed by atoms with E-state index in [2.05, 4.69) is 0 Å². The largest absolute Gasteiger partial charge is 0.431 e. The zero-order valence-electron chi connectivity index (χ0n) is 16.7. The smallest absolute Gasteiger partial charge is 0.397 e. The summed E-state index contributed by atoms with van der Waals surface area (Å²) in [7, 11) is 1.48. The van der Waals surface area contributed by atoms with Gasteiger partial charge in [-0.2, -0.15) is 13.2 Å². The van der Waals surface area contributed by atoms with Crippen LogP contribution in [-0.4, -0.2) is 36.2 Å². The number of hydrogen-bond donors (Lipinski definition) is 2. The Morgan fingerprint density at radius 2 is 1.97 bits per heavy atom. The zero-order valence-corrected chi connectivity index (χ0v) is 18.3. The standard InChI is InChI=1S/C20H22F3N3O2S2/c1-4-14(13(24)10-16(25-11-27)20(21,22)23)26(3)19(28)18-17(29-5-2)12-8-6-7-9-15(12)30-18/h6-11H,4-5,24H2,1-3H3,(H,25,27)/b14-13-,16-10-. The number of alkyl halides is 3. The number of amides is 2. The summed E-state index contributed by atoms with van der Waals surface area (Å²) >= 11 is 2.87. The Labute approximate surface area is 180 Å². The highest BCUT2D eigenvalue weighted by Gasteiger charge is 2.34. The molecule has 0 bridgehead atoms. The van der Waals surface area contributed by atoms with Crippen molar-refractivity contribution in [3.8, 4) is 0 Å². The number of benzene rings is 1. The number of thioether (sulfide) groups is 1. The van der Waals surface area contributed by atoms with E-state index < -0.39 is 11.9 Å². The Morgan fingerprint density at radius 1 is 1.30 bits per heavy atom. The molecule has 0 saturated heterocycles. The molecule has 0 unspecified atom stereocenters. The molecule has 2 aromatic rings. The SMILES string of the molecule is CCSc1c(C(=O)N(C)/C(CC)=C(N)/C=C(\NC=O)C(F)(F)F)sc2ccccc12. The second-order valence-electron chi connectivity index (χ2n) is 6.13. The number of carbonyl (C=O) groups is 2. The average Bonchev–Trinajstić information content (AvgIpc) is 3.05. The number of allylic oxidation sites excluding steroid dienone is 3. The fraction of sp³-hybridized carbons (Fsp3) is 0.300. The molecule has 0 aliphatic rings. The molecular formula is C20H22F3N3O2S2. The molecule has 1 aromatic heterocycles. The number of nitrogens with one attached hydrogen (secondary N) is 1. The van der Waals surface area contributed by atoms with Gasteiger partial charge in [0.2, 0.25) is 6.41 Å². The summed E-state index contributed by atoms with van der Waals surface area (Å²) < 4.78 is 40.2. The Balaban J connectivity index is 2.51. The van der Waals surface area contributed by atoms with Crippen molar-refractivity contribution in [3.63, 3.8) is 0 Å². The molecule has 2 amide bonds. The van der Waals surface area contributed by atoms with Crippen LogP contribution in [-0.2, 0) is 4.79 Å². The van der Waals surface area contributed by atoms with Gasteiger partial charge in [0.25, 0.3) is 5.91 Å². The molecule has 10 heteroatoms. The first-order valence-corrected chi connectivity index (χ1v) is 10.9. The lowest BCUT2D eigenvalue weighted by molar-refractivity contribution is -0.116. The van der Waals surface area contributed by atoms with E-state index in [1.54, 1.807) is 12.2 Å². The van der Waals surface area contributed by atoms with Gasteiger partial charge >= 0.3 is 6.18 Å². The highest BCUT2D eigenvalue weighted by molar-refractivity contribution is 7.99. The first-order chi connectivity index (χ1) is 14.1. The number of thiophene rings is 1. The maximum absolute atomic E-state index is 13.2. The molecule has 0 atom stereocenters. The molecule has 1 aromatic carbocycles. The minimum absolute atomic E-state index is 0.0709. The molecule has 0 aliphatic carbocycles. The minimum atomic E-state index is -4.79. The van der Waals surface area contributed by atoms with Crippen molar-refractivity contribution in [3.05, 3.63) is 52.3 Å². The van der Waals surface area contributed by atoms with Crippen molar-refractivity contribution in [1.29, 1.82) is 0 Å². The van der Waals surface area contributed by atoms with E-state index in [4.69, 9.17) is 5.73 Å². The molecule has 0 saturated carbocycles. The third kappa shape index (κ3) is 5.17. The molecule has 0 spiro atoms. The summed E-state index contributed by atoms with van der Waals surface area (Å²) in [6.45, 7) is 3.67. The topological polar surface area (TPSA) is 75.4 Å². The Bertz CT molecular complexity index is 997. The second kappa shape index (κ2) is 10.0. The molecular weight excluding hydrogens is 435 g/mol. The summed E-state index contributed by atoms with van der Waals surface area (Å²) in [4.78, 5) is 26.4. The number of fused-ring (bicyclic) bond motifs is 1. The Morgan fingerprint density at radius 3 is 2.53 bits per heavy atom. The van der Waals surface area contributed by atoms with Crippen LogP contribution in [0.2, 0.25) is 0 Å². The van der Waals surface area contributed by atoms with Crippen LogP contribution in [0, 0.1) is 0 Å². The predicted octanol–water partition coefficient (Wildman–Crippen LogP) is 4.86. The van der Waals surface area contributed by atoms with Crippen molar-refractivity contribution in [1.82, 2.24) is 10.2 Å². The van der Waals surface area contributed by atoms with Crippen LogP contribution in [0.4, 0.5) is 13.2 Å². The molecule has 1 heterocycles. The Kier molecular flexibility index (Phi) is 7.96. The van der Waals surface area contributed by atoms with E-state index >= 15 is 0 Å². The van der Waals surface area contributed by atoms with Crippen molar-refractivity contribution in [2.45, 2.75) is 31.3 Å². The highest BCUT2D eigenvalue weighted by atomic mass is 32.2. The van der Waals surface area contributed by atoms with Gasteiger partial charge in [-0.15, -0.1) is 23.1 Å². The van der Waals surface area contributed by atoms with Gasteiger partial charge in [-0.1, -0.05) is 32.0 Å². The van der Waals surface area contributed by atoms with Crippen LogP contribution in [0.3, 0.4) is 0 Å². The van der Waals surface area contributed by atoms with Crippen molar-refractivity contribution in [2.24, 2.45) is 5.73 Å². The average molecular weight is 458 g/mol. The number of nitrogens with two attached hydrogens (primary N) is 1. The number of halogens is 3. The third-order valence-corrected chi connectivity index (χ3v) is 6.52. The molecule has 0 radical (unpaired) electrons. The van der Waals surface area contributed by atoms with Gasteiger partial charge in [0.05, 0.1) is 5.70 Å². The predicted molar refractivity (Wildman–Crippen MR) is 115 cm³/mol. The van der Waals surface area contributed by atoms with E-state index in [1.165, 1.54) is 35.0 Å². The van der Waals surface area contributed by atoms with Gasteiger partial charge in [-0.25, -0.2) is 0 Å². The number of rotatable bonds is 8.